The first-order chi connectivity index (χ1) is 12.0. The van der Waals surface area contributed by atoms with E-state index in [0.717, 1.165) is 24.1 Å². The molecule has 0 aliphatic heterocycles. The van der Waals surface area contributed by atoms with Crippen LogP contribution in [0.2, 0.25) is 5.02 Å². The minimum Gasteiger partial charge on any atom is -0.461 e. The van der Waals surface area contributed by atoms with Crippen molar-refractivity contribution in [3.05, 3.63) is 57.4 Å². The van der Waals surface area contributed by atoms with Crippen LogP contribution >= 0.6 is 11.6 Å². The van der Waals surface area contributed by atoms with E-state index in [2.05, 4.69) is 4.98 Å². The topological polar surface area (TPSA) is 59.2 Å². The number of benzene rings is 1. The summed E-state index contributed by atoms with van der Waals surface area (Å²) in [5, 5.41) is 0.680. The van der Waals surface area contributed by atoms with Gasteiger partial charge in [0.1, 0.15) is 5.69 Å². The SMILES string of the molecule is CCCCOC(=O)c1[nH]c2c(c1C)C(=O)CC(c1ccc(Cl)cc1)C2. The number of hydrogen-bond acceptors (Lipinski definition) is 3. The molecule has 25 heavy (non-hydrogen) atoms. The Labute approximate surface area is 152 Å². The largest absolute Gasteiger partial charge is 0.461 e. The molecule has 1 atom stereocenters. The second-order valence-electron chi connectivity index (χ2n) is 6.55. The smallest absolute Gasteiger partial charge is 0.355 e. The van der Waals surface area contributed by atoms with Crippen LogP contribution < -0.4 is 0 Å². The van der Waals surface area contributed by atoms with Gasteiger partial charge in [-0.25, -0.2) is 4.79 Å². The van der Waals surface area contributed by atoms with Crippen molar-refractivity contribution in [3.63, 3.8) is 0 Å². The van der Waals surface area contributed by atoms with Gasteiger partial charge in [0.25, 0.3) is 0 Å². The number of ketones is 1. The number of nitrogens with one attached hydrogen (secondary N) is 1. The van der Waals surface area contributed by atoms with Gasteiger partial charge in [0, 0.05) is 22.7 Å². The molecule has 4 nitrogen and oxygen atoms in total. The zero-order valence-electron chi connectivity index (χ0n) is 14.5. The fourth-order valence-corrected chi connectivity index (χ4v) is 3.52. The normalized spacial score (nSPS) is 16.6. The zero-order valence-corrected chi connectivity index (χ0v) is 15.3. The Morgan fingerprint density at radius 3 is 2.68 bits per heavy atom. The zero-order chi connectivity index (χ0) is 18.0. The third-order valence-electron chi connectivity index (χ3n) is 4.77. The second-order valence-corrected chi connectivity index (χ2v) is 6.98. The maximum absolute atomic E-state index is 12.7. The van der Waals surface area contributed by atoms with Gasteiger partial charge in [-0.05, 0) is 48.9 Å². The van der Waals surface area contributed by atoms with Gasteiger partial charge in [0.15, 0.2) is 5.78 Å². The third-order valence-corrected chi connectivity index (χ3v) is 5.02. The Hall–Kier alpha value is -2.07. The Morgan fingerprint density at radius 2 is 2.00 bits per heavy atom. The molecular weight excluding hydrogens is 338 g/mol. The first-order valence-electron chi connectivity index (χ1n) is 8.68. The van der Waals surface area contributed by atoms with E-state index in [1.54, 1.807) is 0 Å². The Balaban J connectivity index is 1.84. The molecule has 0 fully saturated rings. The lowest BCUT2D eigenvalue weighted by molar-refractivity contribution is 0.0492. The molecule has 132 valence electrons. The summed E-state index contributed by atoms with van der Waals surface area (Å²) in [6.45, 7) is 4.26. The minimum atomic E-state index is -0.379. The molecule has 0 bridgehead atoms. The number of ether oxygens (including phenoxy) is 1. The molecule has 3 rings (SSSR count). The van der Waals surface area contributed by atoms with E-state index in [1.807, 2.05) is 38.1 Å². The van der Waals surface area contributed by atoms with Crippen LogP contribution in [0.5, 0.6) is 0 Å². The van der Waals surface area contributed by atoms with E-state index in [-0.39, 0.29) is 17.7 Å². The maximum atomic E-state index is 12.7. The molecule has 1 unspecified atom stereocenters. The molecule has 0 radical (unpaired) electrons. The van der Waals surface area contributed by atoms with E-state index in [9.17, 15) is 9.59 Å². The number of carbonyl (C=O) groups is 2. The molecule has 5 heteroatoms. The number of halogens is 1. The molecule has 0 spiro atoms. The van der Waals surface area contributed by atoms with Gasteiger partial charge in [-0.15, -0.1) is 0 Å². The summed E-state index contributed by atoms with van der Waals surface area (Å²) in [4.78, 5) is 28.1. The lowest BCUT2D eigenvalue weighted by Gasteiger charge is -2.22. The number of esters is 1. The lowest BCUT2D eigenvalue weighted by atomic mass is 9.81. The fraction of sp³-hybridized carbons (Fsp3) is 0.400. The van der Waals surface area contributed by atoms with Gasteiger partial charge < -0.3 is 9.72 Å². The number of H-pyrrole nitrogens is 1. The quantitative estimate of drug-likeness (QED) is 0.613. The average molecular weight is 360 g/mol. The number of fused-ring (bicyclic) bond motifs is 1. The molecule has 1 N–H and O–H groups in total. The van der Waals surface area contributed by atoms with Crippen molar-refractivity contribution in [2.24, 2.45) is 0 Å². The molecule has 1 aliphatic carbocycles. The Bertz CT molecular complexity index is 792. The van der Waals surface area contributed by atoms with Crippen LogP contribution in [0.3, 0.4) is 0 Å². The highest BCUT2D eigenvalue weighted by atomic mass is 35.5. The molecule has 1 aliphatic rings. The molecule has 1 aromatic heterocycles. The minimum absolute atomic E-state index is 0.0718. The van der Waals surface area contributed by atoms with E-state index < -0.39 is 0 Å². The van der Waals surface area contributed by atoms with Crippen LogP contribution in [0.15, 0.2) is 24.3 Å². The standard InChI is InChI=1S/C20H22ClNO3/c1-3-4-9-25-20(24)19-12(2)18-16(22-19)10-14(11-17(18)23)13-5-7-15(21)8-6-13/h5-8,14,22H,3-4,9-11H2,1-2H3. The van der Waals surface area contributed by atoms with E-state index >= 15 is 0 Å². The summed E-state index contributed by atoms with van der Waals surface area (Å²) in [6, 6.07) is 7.60. The van der Waals surface area contributed by atoms with Gasteiger partial charge in [-0.3, -0.25) is 4.79 Å². The first kappa shape index (κ1) is 17.7. The molecule has 1 aromatic carbocycles. The number of hydrogen-bond donors (Lipinski definition) is 1. The highest BCUT2D eigenvalue weighted by Crippen LogP contribution is 2.35. The molecule has 0 saturated carbocycles. The number of Topliss-reactive ketones (excluding diaryl/α,β-unsaturated/α-hetero) is 1. The molecular formula is C20H22ClNO3. The third kappa shape index (κ3) is 3.64. The van der Waals surface area contributed by atoms with Crippen LogP contribution in [0, 0.1) is 6.92 Å². The van der Waals surface area contributed by atoms with Gasteiger partial charge in [0.05, 0.1) is 6.61 Å². The van der Waals surface area contributed by atoms with Crippen molar-refractivity contribution >= 4 is 23.4 Å². The number of aromatic amines is 1. The summed E-state index contributed by atoms with van der Waals surface area (Å²) in [5.41, 5.74) is 3.69. The number of carbonyl (C=O) groups excluding carboxylic acids is 2. The fourth-order valence-electron chi connectivity index (χ4n) is 3.39. The van der Waals surface area contributed by atoms with Crippen molar-refractivity contribution in [3.8, 4) is 0 Å². The van der Waals surface area contributed by atoms with Crippen molar-refractivity contribution < 1.29 is 14.3 Å². The number of aromatic nitrogens is 1. The highest BCUT2D eigenvalue weighted by Gasteiger charge is 2.32. The summed E-state index contributed by atoms with van der Waals surface area (Å²) in [5.74, 6) is -0.210. The number of unbranched alkanes of at least 4 members (excludes halogenated alkanes) is 1. The summed E-state index contributed by atoms with van der Waals surface area (Å²) >= 11 is 5.95. The molecule has 2 aromatic rings. The summed E-state index contributed by atoms with van der Waals surface area (Å²) < 4.78 is 5.29. The first-order valence-corrected chi connectivity index (χ1v) is 9.06. The average Bonchev–Trinajstić information content (AvgIpc) is 2.93. The summed E-state index contributed by atoms with van der Waals surface area (Å²) in [7, 11) is 0. The van der Waals surface area contributed by atoms with Gasteiger partial charge in [-0.1, -0.05) is 37.1 Å². The van der Waals surface area contributed by atoms with Gasteiger partial charge >= 0.3 is 5.97 Å². The van der Waals surface area contributed by atoms with E-state index in [1.165, 1.54) is 0 Å². The monoisotopic (exact) mass is 359 g/mol. The highest BCUT2D eigenvalue weighted by molar-refractivity contribution is 6.30. The van der Waals surface area contributed by atoms with Gasteiger partial charge in [0.2, 0.25) is 0 Å². The maximum Gasteiger partial charge on any atom is 0.355 e. The molecule has 1 heterocycles. The van der Waals surface area contributed by atoms with Crippen LogP contribution in [-0.4, -0.2) is 23.3 Å². The predicted molar refractivity (Wildman–Crippen MR) is 97.6 cm³/mol. The van der Waals surface area contributed by atoms with Crippen molar-refractivity contribution in [1.82, 2.24) is 4.98 Å². The van der Waals surface area contributed by atoms with Crippen LogP contribution in [0.4, 0.5) is 0 Å². The molecule has 0 saturated heterocycles. The molecule has 0 amide bonds. The predicted octanol–water partition coefficient (Wildman–Crippen LogP) is 4.85. The van der Waals surface area contributed by atoms with Crippen molar-refractivity contribution in [2.45, 2.75) is 45.4 Å². The second kappa shape index (κ2) is 7.44. The lowest BCUT2D eigenvalue weighted by Crippen LogP contribution is -2.18. The Morgan fingerprint density at radius 1 is 1.28 bits per heavy atom. The van der Waals surface area contributed by atoms with Crippen LogP contribution in [-0.2, 0) is 11.2 Å². The summed E-state index contributed by atoms with van der Waals surface area (Å²) in [6.07, 6.45) is 2.95. The van der Waals surface area contributed by atoms with Crippen molar-refractivity contribution in [2.75, 3.05) is 6.61 Å². The van der Waals surface area contributed by atoms with Gasteiger partial charge in [-0.2, -0.15) is 0 Å². The van der Waals surface area contributed by atoms with E-state index in [4.69, 9.17) is 16.3 Å². The van der Waals surface area contributed by atoms with Crippen LogP contribution in [0.1, 0.15) is 69.8 Å². The Kier molecular flexibility index (Phi) is 5.28. The van der Waals surface area contributed by atoms with E-state index in [0.29, 0.717) is 41.3 Å². The van der Waals surface area contributed by atoms with Crippen LogP contribution in [0.25, 0.3) is 0 Å². The van der Waals surface area contributed by atoms with Crippen molar-refractivity contribution in [1.29, 1.82) is 0 Å². The number of rotatable bonds is 5.